The van der Waals surface area contributed by atoms with Crippen LogP contribution in [0.2, 0.25) is 5.02 Å². The highest BCUT2D eigenvalue weighted by atomic mass is 35.5. The minimum absolute atomic E-state index is 0.00120. The zero-order chi connectivity index (χ0) is 23.7. The minimum Gasteiger partial charge on any atom is -0.452 e. The predicted octanol–water partition coefficient (Wildman–Crippen LogP) is 4.15. The van der Waals surface area contributed by atoms with Crippen LogP contribution in [0, 0.1) is 24.7 Å². The van der Waals surface area contributed by atoms with Gasteiger partial charge in [-0.1, -0.05) is 36.7 Å². The monoisotopic (exact) mass is 466 g/mol. The van der Waals surface area contributed by atoms with Crippen molar-refractivity contribution in [3.8, 4) is 0 Å². The molecule has 7 nitrogen and oxygen atoms in total. The second kappa shape index (κ2) is 9.19. The molecule has 1 aliphatic carbocycles. The Morgan fingerprint density at radius 2 is 1.85 bits per heavy atom. The molecule has 0 unspecified atom stereocenters. The van der Waals surface area contributed by atoms with Crippen molar-refractivity contribution in [2.24, 2.45) is 17.8 Å². The van der Waals surface area contributed by atoms with Crippen molar-refractivity contribution >= 4 is 46.7 Å². The molecule has 0 bridgehead atoms. The molecule has 1 aliphatic heterocycles. The number of nitrogens with one attached hydrogen (secondary N) is 1. The highest BCUT2D eigenvalue weighted by Crippen LogP contribution is 2.40. The summed E-state index contributed by atoms with van der Waals surface area (Å²) >= 11 is 6.04. The van der Waals surface area contributed by atoms with E-state index in [1.165, 1.54) is 29.2 Å². The van der Waals surface area contributed by atoms with Crippen LogP contribution in [0.5, 0.6) is 0 Å². The molecule has 3 atom stereocenters. The van der Waals surface area contributed by atoms with Gasteiger partial charge >= 0.3 is 5.97 Å². The summed E-state index contributed by atoms with van der Waals surface area (Å²) in [4.78, 5) is 51.4. The molecule has 0 saturated carbocycles. The quantitative estimate of drug-likeness (QED) is 0.406. The van der Waals surface area contributed by atoms with Gasteiger partial charge in [-0.25, -0.2) is 4.79 Å². The molecule has 3 amide bonds. The number of amides is 3. The highest BCUT2D eigenvalue weighted by Gasteiger charge is 2.50. The number of allylic oxidation sites excluding steroid dienone is 2. The van der Waals surface area contributed by atoms with E-state index in [0.717, 1.165) is 0 Å². The number of ether oxygens (including phenoxy) is 1. The SMILES string of the molecule is Cc1c(Cl)cccc1NC(=O)COC(=O)c1ccc(N2C(=O)[C@@H]3[C@@H](C)C=CC[C@H]3C2=O)cc1. The zero-order valence-electron chi connectivity index (χ0n) is 18.2. The topological polar surface area (TPSA) is 92.8 Å². The molecule has 33 heavy (non-hydrogen) atoms. The summed E-state index contributed by atoms with van der Waals surface area (Å²) in [5.74, 6) is -2.32. The second-order valence-corrected chi connectivity index (χ2v) is 8.66. The normalized spacial score (nSPS) is 21.7. The van der Waals surface area contributed by atoms with Gasteiger partial charge < -0.3 is 10.1 Å². The molecule has 2 aromatic carbocycles. The van der Waals surface area contributed by atoms with Gasteiger partial charge in [0.1, 0.15) is 0 Å². The molecule has 2 aromatic rings. The van der Waals surface area contributed by atoms with Crippen molar-refractivity contribution in [1.29, 1.82) is 0 Å². The van der Waals surface area contributed by atoms with Crippen molar-refractivity contribution in [3.63, 3.8) is 0 Å². The van der Waals surface area contributed by atoms with Gasteiger partial charge in [0.25, 0.3) is 5.91 Å². The number of nitrogens with zero attached hydrogens (tertiary/aromatic N) is 1. The summed E-state index contributed by atoms with van der Waals surface area (Å²) in [6, 6.07) is 11.1. The van der Waals surface area contributed by atoms with Crippen LogP contribution in [0.4, 0.5) is 11.4 Å². The van der Waals surface area contributed by atoms with E-state index in [1.54, 1.807) is 25.1 Å². The second-order valence-electron chi connectivity index (χ2n) is 8.25. The van der Waals surface area contributed by atoms with Crippen LogP contribution in [0.25, 0.3) is 0 Å². The predicted molar refractivity (Wildman–Crippen MR) is 124 cm³/mol. The van der Waals surface area contributed by atoms with Gasteiger partial charge in [0.05, 0.1) is 23.1 Å². The first-order chi connectivity index (χ1) is 15.8. The molecule has 8 heteroatoms. The van der Waals surface area contributed by atoms with E-state index in [-0.39, 0.29) is 35.1 Å². The molecular formula is C25H23ClN2O5. The van der Waals surface area contributed by atoms with Crippen molar-refractivity contribution in [2.75, 3.05) is 16.8 Å². The number of hydrogen-bond acceptors (Lipinski definition) is 5. The third kappa shape index (κ3) is 4.41. The summed E-state index contributed by atoms with van der Waals surface area (Å²) in [5.41, 5.74) is 1.87. The Morgan fingerprint density at radius 3 is 2.55 bits per heavy atom. The summed E-state index contributed by atoms with van der Waals surface area (Å²) < 4.78 is 5.09. The largest absolute Gasteiger partial charge is 0.452 e. The molecule has 0 radical (unpaired) electrons. The standard InChI is InChI=1S/C25H23ClN2O5/c1-14-5-3-6-18-22(14)24(31)28(23(18)30)17-11-9-16(10-12-17)25(32)33-13-21(29)27-20-8-4-7-19(26)15(20)2/h3-5,7-12,14,18,22H,6,13H2,1-2H3,(H,27,29)/t14-,18+,22+/m0/s1. The Bertz CT molecular complexity index is 1160. The first kappa shape index (κ1) is 22.7. The van der Waals surface area contributed by atoms with Gasteiger partial charge in [0, 0.05) is 10.7 Å². The van der Waals surface area contributed by atoms with Gasteiger partial charge in [-0.2, -0.15) is 0 Å². The third-order valence-electron chi connectivity index (χ3n) is 6.11. The number of rotatable bonds is 5. The lowest BCUT2D eigenvalue weighted by Crippen LogP contribution is -2.31. The lowest BCUT2D eigenvalue weighted by atomic mass is 9.78. The molecular weight excluding hydrogens is 444 g/mol. The fourth-order valence-corrected chi connectivity index (χ4v) is 4.47. The molecule has 1 N–H and O–H groups in total. The van der Waals surface area contributed by atoms with Gasteiger partial charge in [0.2, 0.25) is 11.8 Å². The number of anilines is 2. The fraction of sp³-hybridized carbons (Fsp3) is 0.280. The maximum absolute atomic E-state index is 12.9. The average Bonchev–Trinajstić information content (AvgIpc) is 3.06. The highest BCUT2D eigenvalue weighted by molar-refractivity contribution is 6.31. The maximum Gasteiger partial charge on any atom is 0.338 e. The third-order valence-corrected chi connectivity index (χ3v) is 6.52. The molecule has 1 heterocycles. The van der Waals surface area contributed by atoms with Crippen LogP contribution in [0.3, 0.4) is 0 Å². The van der Waals surface area contributed by atoms with Crippen LogP contribution in [-0.2, 0) is 19.1 Å². The first-order valence-electron chi connectivity index (χ1n) is 10.6. The summed E-state index contributed by atoms with van der Waals surface area (Å²) in [5, 5.41) is 3.17. The van der Waals surface area contributed by atoms with Crippen molar-refractivity contribution in [2.45, 2.75) is 20.3 Å². The number of hydrogen-bond donors (Lipinski definition) is 1. The molecule has 1 saturated heterocycles. The number of carbonyl (C=O) groups is 4. The van der Waals surface area contributed by atoms with Crippen LogP contribution < -0.4 is 10.2 Å². The summed E-state index contributed by atoms with van der Waals surface area (Å²) in [7, 11) is 0. The van der Waals surface area contributed by atoms with E-state index < -0.39 is 18.5 Å². The van der Waals surface area contributed by atoms with Crippen molar-refractivity contribution < 1.29 is 23.9 Å². The van der Waals surface area contributed by atoms with E-state index in [0.29, 0.717) is 28.4 Å². The Kier molecular flexibility index (Phi) is 6.33. The Labute approximate surface area is 196 Å². The number of benzene rings is 2. The van der Waals surface area contributed by atoms with E-state index in [4.69, 9.17) is 16.3 Å². The van der Waals surface area contributed by atoms with Gasteiger partial charge in [-0.15, -0.1) is 0 Å². The summed E-state index contributed by atoms with van der Waals surface area (Å²) in [6.45, 7) is 3.24. The number of halogens is 1. The Balaban J connectivity index is 1.38. The van der Waals surface area contributed by atoms with Gasteiger partial charge in [-0.3, -0.25) is 19.3 Å². The lowest BCUT2D eigenvalue weighted by molar-refractivity contribution is -0.123. The first-order valence-corrected chi connectivity index (χ1v) is 11.0. The number of imide groups is 1. The molecule has 4 rings (SSSR count). The Hall–Kier alpha value is -3.45. The molecule has 170 valence electrons. The molecule has 2 aliphatic rings. The smallest absolute Gasteiger partial charge is 0.338 e. The number of esters is 1. The van der Waals surface area contributed by atoms with E-state index in [2.05, 4.69) is 5.32 Å². The van der Waals surface area contributed by atoms with Gasteiger partial charge in [0.15, 0.2) is 6.61 Å². The van der Waals surface area contributed by atoms with Crippen LogP contribution in [0.1, 0.15) is 29.3 Å². The Morgan fingerprint density at radius 1 is 1.12 bits per heavy atom. The van der Waals surface area contributed by atoms with Crippen molar-refractivity contribution in [1.82, 2.24) is 0 Å². The van der Waals surface area contributed by atoms with E-state index in [1.807, 2.05) is 19.1 Å². The number of fused-ring (bicyclic) bond motifs is 1. The fourth-order valence-electron chi connectivity index (χ4n) is 4.29. The zero-order valence-corrected chi connectivity index (χ0v) is 19.0. The minimum atomic E-state index is -0.690. The van der Waals surface area contributed by atoms with E-state index >= 15 is 0 Å². The van der Waals surface area contributed by atoms with Crippen LogP contribution in [-0.4, -0.2) is 30.3 Å². The molecule has 0 spiro atoms. The maximum atomic E-state index is 12.9. The summed E-state index contributed by atoms with van der Waals surface area (Å²) in [6.07, 6.45) is 4.47. The van der Waals surface area contributed by atoms with Crippen molar-refractivity contribution in [3.05, 3.63) is 70.8 Å². The number of carbonyl (C=O) groups excluding carboxylic acids is 4. The lowest BCUT2D eigenvalue weighted by Gasteiger charge is -2.22. The molecule has 1 fully saturated rings. The van der Waals surface area contributed by atoms with E-state index in [9.17, 15) is 19.2 Å². The molecule has 0 aromatic heterocycles. The van der Waals surface area contributed by atoms with Crippen LogP contribution >= 0.6 is 11.6 Å². The van der Waals surface area contributed by atoms with Gasteiger partial charge in [-0.05, 0) is 61.2 Å². The average molecular weight is 467 g/mol. The van der Waals surface area contributed by atoms with Crippen LogP contribution in [0.15, 0.2) is 54.6 Å².